The van der Waals surface area contributed by atoms with Crippen molar-refractivity contribution in [1.82, 2.24) is 9.80 Å². The van der Waals surface area contributed by atoms with E-state index in [1.54, 1.807) is 41.3 Å². The fourth-order valence-corrected chi connectivity index (χ4v) is 5.70. The number of nitrogens with one attached hydrogen (secondary N) is 2. The number of urea groups is 1. The lowest BCUT2D eigenvalue weighted by atomic mass is 10.0. The van der Waals surface area contributed by atoms with Crippen LogP contribution in [-0.4, -0.2) is 49.6 Å². The van der Waals surface area contributed by atoms with Gasteiger partial charge in [0.15, 0.2) is 0 Å². The summed E-state index contributed by atoms with van der Waals surface area (Å²) in [5, 5.41) is 2.88. The van der Waals surface area contributed by atoms with Gasteiger partial charge in [0.05, 0.1) is 6.26 Å². The molecule has 2 N–H and O–H groups in total. The number of ether oxygens (including phenoxy) is 1. The third-order valence-corrected chi connectivity index (χ3v) is 7.95. The van der Waals surface area contributed by atoms with Gasteiger partial charge in [0.1, 0.15) is 23.1 Å². The molecule has 1 aliphatic heterocycles. The number of amides is 2. The summed E-state index contributed by atoms with van der Waals surface area (Å²) in [6.45, 7) is 2.66. The topological polar surface area (TPSA) is 91.0 Å². The molecule has 1 aliphatic rings. The highest BCUT2D eigenvalue weighted by atomic mass is 35.5. The number of hydrogen-bond donors (Lipinski definition) is 2. The Labute approximate surface area is 268 Å². The van der Waals surface area contributed by atoms with Crippen LogP contribution < -0.4 is 14.8 Å². The van der Waals surface area contributed by atoms with Crippen molar-refractivity contribution < 1.29 is 26.7 Å². The Morgan fingerprint density at radius 3 is 1.84 bits per heavy atom. The van der Waals surface area contributed by atoms with Crippen LogP contribution in [0.5, 0.6) is 11.5 Å². The number of anilines is 2. The molecule has 0 saturated carbocycles. The van der Waals surface area contributed by atoms with Gasteiger partial charge in [-0.25, -0.2) is 22.0 Å². The molecule has 4 aromatic rings. The van der Waals surface area contributed by atoms with E-state index < -0.39 is 10.0 Å². The molecule has 0 bridgehead atoms. The maximum atomic E-state index is 13.5. The standard InChI is InChI=1S/C33H34F2N4O4S.ClH/c1-44(41,42)37-29-12-16-32(17-13-29)43-31-14-4-24(5-15-31)22-38-20-18-30(19-21-38)39(23-25-2-6-26(34)7-3-25)33(40)36-28-10-8-27(35)9-11-28;/h2-17,30,37H,18-23H2,1H3,(H,36,40);1H. The van der Waals surface area contributed by atoms with E-state index in [0.717, 1.165) is 49.9 Å². The van der Waals surface area contributed by atoms with E-state index >= 15 is 0 Å². The van der Waals surface area contributed by atoms with Gasteiger partial charge in [0, 0.05) is 43.6 Å². The highest BCUT2D eigenvalue weighted by Crippen LogP contribution is 2.26. The van der Waals surface area contributed by atoms with E-state index in [9.17, 15) is 22.0 Å². The average molecular weight is 657 g/mol. The van der Waals surface area contributed by atoms with Crippen LogP contribution in [0.4, 0.5) is 25.0 Å². The predicted octanol–water partition coefficient (Wildman–Crippen LogP) is 7.25. The second kappa shape index (κ2) is 15.2. The molecule has 238 valence electrons. The first kappa shape index (κ1) is 33.7. The van der Waals surface area contributed by atoms with E-state index in [1.165, 1.54) is 36.4 Å². The second-order valence-electron chi connectivity index (χ2n) is 10.8. The minimum Gasteiger partial charge on any atom is -0.457 e. The lowest BCUT2D eigenvalue weighted by Crippen LogP contribution is -2.48. The molecule has 5 rings (SSSR count). The van der Waals surface area contributed by atoms with Gasteiger partial charge in [-0.15, -0.1) is 12.4 Å². The first-order valence-corrected chi connectivity index (χ1v) is 16.1. The Morgan fingerprint density at radius 2 is 1.29 bits per heavy atom. The van der Waals surface area contributed by atoms with Crippen LogP contribution >= 0.6 is 12.4 Å². The lowest BCUT2D eigenvalue weighted by molar-refractivity contribution is 0.120. The maximum absolute atomic E-state index is 13.5. The molecule has 4 aromatic carbocycles. The minimum atomic E-state index is -3.34. The highest BCUT2D eigenvalue weighted by molar-refractivity contribution is 7.92. The Morgan fingerprint density at radius 1 is 0.800 bits per heavy atom. The summed E-state index contributed by atoms with van der Waals surface area (Å²) >= 11 is 0. The fraction of sp³-hybridized carbons (Fsp3) is 0.242. The van der Waals surface area contributed by atoms with Gasteiger partial charge in [0.25, 0.3) is 0 Å². The summed E-state index contributed by atoms with van der Waals surface area (Å²) < 4.78 is 58.0. The first-order chi connectivity index (χ1) is 21.1. The largest absolute Gasteiger partial charge is 0.457 e. The molecular weight excluding hydrogens is 622 g/mol. The molecule has 12 heteroatoms. The van der Waals surface area contributed by atoms with Gasteiger partial charge in [-0.1, -0.05) is 24.3 Å². The predicted molar refractivity (Wildman–Crippen MR) is 174 cm³/mol. The number of halogens is 3. The first-order valence-electron chi connectivity index (χ1n) is 14.2. The molecule has 0 atom stereocenters. The molecule has 0 spiro atoms. The van der Waals surface area contributed by atoms with Crippen molar-refractivity contribution in [2.75, 3.05) is 29.4 Å². The molecule has 45 heavy (non-hydrogen) atoms. The summed E-state index contributed by atoms with van der Waals surface area (Å²) in [6, 6.07) is 26.0. The molecule has 0 aromatic heterocycles. The van der Waals surface area contributed by atoms with E-state index in [0.29, 0.717) is 29.4 Å². The van der Waals surface area contributed by atoms with Gasteiger partial charge >= 0.3 is 6.03 Å². The Kier molecular flexibility index (Phi) is 11.4. The van der Waals surface area contributed by atoms with Crippen LogP contribution in [0, 0.1) is 11.6 Å². The zero-order valence-corrected chi connectivity index (χ0v) is 26.3. The normalized spacial score (nSPS) is 13.8. The SMILES string of the molecule is CS(=O)(=O)Nc1ccc(Oc2ccc(CN3CCC(N(Cc4ccc(F)cc4)C(=O)Nc4ccc(F)cc4)CC3)cc2)cc1.Cl. The van der Waals surface area contributed by atoms with Gasteiger partial charge in [-0.2, -0.15) is 0 Å². The number of rotatable bonds is 10. The quantitative estimate of drug-likeness (QED) is 0.188. The van der Waals surface area contributed by atoms with Crippen molar-refractivity contribution in [3.05, 3.63) is 120 Å². The minimum absolute atomic E-state index is 0. The van der Waals surface area contributed by atoms with E-state index in [4.69, 9.17) is 4.74 Å². The number of piperidine rings is 1. The Balaban J connectivity index is 0.00000461. The molecule has 0 radical (unpaired) electrons. The van der Waals surface area contributed by atoms with Gasteiger partial charge < -0.3 is 15.0 Å². The molecular formula is C33H35ClF2N4O4S. The van der Waals surface area contributed by atoms with Gasteiger partial charge in [-0.3, -0.25) is 9.62 Å². The van der Waals surface area contributed by atoms with Crippen molar-refractivity contribution in [1.29, 1.82) is 0 Å². The Bertz CT molecular complexity index is 1650. The third kappa shape index (κ3) is 10.2. The molecule has 0 aliphatic carbocycles. The monoisotopic (exact) mass is 656 g/mol. The summed E-state index contributed by atoms with van der Waals surface area (Å²) in [7, 11) is -3.34. The number of benzene rings is 4. The number of sulfonamides is 1. The summed E-state index contributed by atoms with van der Waals surface area (Å²) in [4.78, 5) is 17.5. The molecule has 1 saturated heterocycles. The van der Waals surface area contributed by atoms with Crippen molar-refractivity contribution in [3.8, 4) is 11.5 Å². The van der Waals surface area contributed by atoms with Crippen LogP contribution in [0.25, 0.3) is 0 Å². The third-order valence-electron chi connectivity index (χ3n) is 7.34. The zero-order chi connectivity index (χ0) is 31.1. The van der Waals surface area contributed by atoms with Crippen LogP contribution in [0.15, 0.2) is 97.1 Å². The number of carbonyl (C=O) groups excluding carboxylic acids is 1. The smallest absolute Gasteiger partial charge is 0.322 e. The van der Waals surface area contributed by atoms with E-state index in [1.807, 2.05) is 24.3 Å². The number of carbonyl (C=O) groups is 1. The van der Waals surface area contributed by atoms with Crippen molar-refractivity contribution >= 4 is 39.8 Å². The molecule has 1 fully saturated rings. The lowest BCUT2D eigenvalue weighted by Gasteiger charge is -2.38. The summed E-state index contributed by atoms with van der Waals surface area (Å²) in [6.07, 6.45) is 2.63. The van der Waals surface area contributed by atoms with Crippen LogP contribution in [0.2, 0.25) is 0 Å². The fourth-order valence-electron chi connectivity index (χ4n) is 5.13. The number of hydrogen-bond acceptors (Lipinski definition) is 5. The van der Waals surface area contributed by atoms with Crippen molar-refractivity contribution in [3.63, 3.8) is 0 Å². The van der Waals surface area contributed by atoms with Crippen molar-refractivity contribution in [2.45, 2.75) is 32.0 Å². The molecule has 8 nitrogen and oxygen atoms in total. The van der Waals surface area contributed by atoms with Crippen molar-refractivity contribution in [2.24, 2.45) is 0 Å². The summed E-state index contributed by atoms with van der Waals surface area (Å²) in [5.74, 6) is 0.547. The van der Waals surface area contributed by atoms with Crippen LogP contribution in [-0.2, 0) is 23.1 Å². The van der Waals surface area contributed by atoms with Gasteiger partial charge in [-0.05, 0) is 96.8 Å². The number of likely N-dealkylation sites (tertiary alicyclic amines) is 1. The van der Waals surface area contributed by atoms with Gasteiger partial charge in [0.2, 0.25) is 10.0 Å². The van der Waals surface area contributed by atoms with E-state index in [-0.39, 0.29) is 36.1 Å². The molecule has 2 amide bonds. The van der Waals surface area contributed by atoms with Crippen LogP contribution in [0.1, 0.15) is 24.0 Å². The highest BCUT2D eigenvalue weighted by Gasteiger charge is 2.28. The Hall–Kier alpha value is -4.19. The molecule has 1 heterocycles. The average Bonchev–Trinajstić information content (AvgIpc) is 3.00. The van der Waals surface area contributed by atoms with Crippen LogP contribution in [0.3, 0.4) is 0 Å². The summed E-state index contributed by atoms with van der Waals surface area (Å²) in [5.41, 5.74) is 2.92. The maximum Gasteiger partial charge on any atom is 0.322 e. The zero-order valence-electron chi connectivity index (χ0n) is 24.7. The van der Waals surface area contributed by atoms with E-state index in [2.05, 4.69) is 14.9 Å². The molecule has 0 unspecified atom stereocenters. The second-order valence-corrected chi connectivity index (χ2v) is 12.6. The number of nitrogens with zero attached hydrogens (tertiary/aromatic N) is 2.